The number of benzene rings is 2. The molecular formula is C21H20Cl2N4O. The monoisotopic (exact) mass is 414 g/mol. The van der Waals surface area contributed by atoms with Crippen LogP contribution in [0.2, 0.25) is 10.0 Å². The number of halogens is 2. The van der Waals surface area contributed by atoms with Crippen LogP contribution >= 0.6 is 23.2 Å². The average molecular weight is 415 g/mol. The molecule has 144 valence electrons. The van der Waals surface area contributed by atoms with Crippen LogP contribution in [0.4, 0.5) is 11.6 Å². The van der Waals surface area contributed by atoms with Crippen LogP contribution in [0.15, 0.2) is 53.3 Å². The molecule has 0 bridgehead atoms. The summed E-state index contributed by atoms with van der Waals surface area (Å²) >= 11 is 12.3. The summed E-state index contributed by atoms with van der Waals surface area (Å²) in [6, 6.07) is 14.8. The van der Waals surface area contributed by atoms with Crippen molar-refractivity contribution in [1.29, 1.82) is 0 Å². The highest BCUT2D eigenvalue weighted by Gasteiger charge is 2.09. The zero-order valence-corrected chi connectivity index (χ0v) is 16.9. The molecule has 0 saturated carbocycles. The van der Waals surface area contributed by atoms with Crippen LogP contribution in [0.3, 0.4) is 0 Å². The molecule has 0 aliphatic rings. The second-order valence-corrected chi connectivity index (χ2v) is 7.64. The number of fused-ring (bicyclic) bond motifs is 2. The molecule has 2 heterocycles. The van der Waals surface area contributed by atoms with Crippen molar-refractivity contribution in [3.8, 4) is 0 Å². The van der Waals surface area contributed by atoms with Gasteiger partial charge in [0.15, 0.2) is 5.43 Å². The Kier molecular flexibility index (Phi) is 5.20. The highest BCUT2D eigenvalue weighted by Crippen LogP contribution is 2.30. The van der Waals surface area contributed by atoms with Crippen LogP contribution in [0.1, 0.15) is 6.42 Å². The van der Waals surface area contributed by atoms with Gasteiger partial charge in [-0.25, -0.2) is 0 Å². The zero-order valence-electron chi connectivity index (χ0n) is 15.4. The van der Waals surface area contributed by atoms with Crippen molar-refractivity contribution in [1.82, 2.24) is 9.97 Å². The van der Waals surface area contributed by atoms with E-state index in [9.17, 15) is 4.79 Å². The number of hydrogen-bond donors (Lipinski definition) is 3. The normalized spacial score (nSPS) is 11.2. The predicted octanol–water partition coefficient (Wildman–Crippen LogP) is 5.25. The first-order chi connectivity index (χ1) is 13.5. The standard InChI is InChI=1S/C21H20Cl2N4O/c1-27(21-11-15-16(23)9-13(22)10-18(15)26-21)8-4-7-24-20-12-19(28)14-5-2-3-6-17(14)25-20/h2-3,5-6,9-12,26H,4,7-8H2,1H3,(H2,24,25,28). The second-order valence-electron chi connectivity index (χ2n) is 6.80. The maximum absolute atomic E-state index is 12.2. The third-order valence-corrected chi connectivity index (χ3v) is 5.30. The van der Waals surface area contributed by atoms with Gasteiger partial charge in [-0.3, -0.25) is 4.79 Å². The molecule has 4 rings (SSSR count). The van der Waals surface area contributed by atoms with Gasteiger partial charge in [0.25, 0.3) is 0 Å². The fraction of sp³-hybridized carbons (Fsp3) is 0.190. The fourth-order valence-electron chi connectivity index (χ4n) is 3.30. The third-order valence-electron chi connectivity index (χ3n) is 4.77. The molecule has 4 aromatic rings. The van der Waals surface area contributed by atoms with Crippen molar-refractivity contribution < 1.29 is 0 Å². The molecule has 0 saturated heterocycles. The summed E-state index contributed by atoms with van der Waals surface area (Å²) in [6.45, 7) is 1.58. The Hall–Kier alpha value is -2.63. The first kappa shape index (κ1) is 18.7. The average Bonchev–Trinajstić information content (AvgIpc) is 3.10. The maximum atomic E-state index is 12.2. The fourth-order valence-corrected chi connectivity index (χ4v) is 3.85. The molecule has 5 nitrogen and oxygen atoms in total. The molecule has 0 radical (unpaired) electrons. The lowest BCUT2D eigenvalue weighted by atomic mass is 10.2. The van der Waals surface area contributed by atoms with E-state index < -0.39 is 0 Å². The van der Waals surface area contributed by atoms with E-state index in [4.69, 9.17) is 23.2 Å². The maximum Gasteiger partial charge on any atom is 0.191 e. The first-order valence-corrected chi connectivity index (χ1v) is 9.82. The van der Waals surface area contributed by atoms with Crippen molar-refractivity contribution in [3.63, 3.8) is 0 Å². The van der Waals surface area contributed by atoms with E-state index in [1.165, 1.54) is 0 Å². The Morgan fingerprint density at radius 2 is 1.82 bits per heavy atom. The molecule has 0 amide bonds. The van der Waals surface area contributed by atoms with Crippen LogP contribution in [-0.4, -0.2) is 30.1 Å². The minimum Gasteiger partial charge on any atom is -0.371 e. The van der Waals surface area contributed by atoms with Crippen molar-refractivity contribution in [2.45, 2.75) is 6.42 Å². The van der Waals surface area contributed by atoms with Gasteiger partial charge in [0.2, 0.25) is 0 Å². The number of aromatic nitrogens is 2. The number of H-pyrrole nitrogens is 2. The summed E-state index contributed by atoms with van der Waals surface area (Å²) in [6.07, 6.45) is 0.898. The number of rotatable bonds is 6. The Morgan fingerprint density at radius 3 is 2.68 bits per heavy atom. The summed E-state index contributed by atoms with van der Waals surface area (Å²) in [5, 5.41) is 6.21. The highest BCUT2D eigenvalue weighted by molar-refractivity contribution is 6.38. The number of hydrogen-bond acceptors (Lipinski definition) is 3. The van der Waals surface area contributed by atoms with Crippen molar-refractivity contribution in [2.75, 3.05) is 30.4 Å². The Bertz CT molecular complexity index is 1200. The Balaban J connectivity index is 1.38. The minimum absolute atomic E-state index is 0.0163. The molecule has 2 aromatic carbocycles. The number of nitrogens with zero attached hydrogens (tertiary/aromatic N) is 1. The van der Waals surface area contributed by atoms with E-state index in [1.807, 2.05) is 43.4 Å². The predicted molar refractivity (Wildman–Crippen MR) is 119 cm³/mol. The Morgan fingerprint density at radius 1 is 1.00 bits per heavy atom. The van der Waals surface area contributed by atoms with Crippen LogP contribution in [0, 0.1) is 0 Å². The molecule has 7 heteroatoms. The van der Waals surface area contributed by atoms with Crippen LogP contribution in [-0.2, 0) is 0 Å². The van der Waals surface area contributed by atoms with Crippen LogP contribution < -0.4 is 15.6 Å². The van der Waals surface area contributed by atoms with Gasteiger partial charge >= 0.3 is 0 Å². The lowest BCUT2D eigenvalue weighted by Gasteiger charge is -2.17. The SMILES string of the molecule is CN(CCCNc1cc(=O)c2ccccc2[nH]1)c1cc2c(Cl)cc(Cl)cc2[nH]1. The smallest absolute Gasteiger partial charge is 0.191 e. The lowest BCUT2D eigenvalue weighted by Crippen LogP contribution is -2.21. The van der Waals surface area contributed by atoms with Gasteiger partial charge in [0.05, 0.1) is 10.5 Å². The summed E-state index contributed by atoms with van der Waals surface area (Å²) in [7, 11) is 2.03. The molecule has 0 spiro atoms. The van der Waals surface area contributed by atoms with Gasteiger partial charge in [0.1, 0.15) is 11.6 Å². The molecule has 3 N–H and O–H groups in total. The summed E-state index contributed by atoms with van der Waals surface area (Å²) in [4.78, 5) is 20.9. The molecular weight excluding hydrogens is 395 g/mol. The summed E-state index contributed by atoms with van der Waals surface area (Å²) in [5.74, 6) is 1.72. The van der Waals surface area contributed by atoms with E-state index in [0.29, 0.717) is 15.4 Å². The van der Waals surface area contributed by atoms with Gasteiger partial charge in [-0.2, -0.15) is 0 Å². The van der Waals surface area contributed by atoms with Gasteiger partial charge in [0, 0.05) is 47.5 Å². The summed E-state index contributed by atoms with van der Waals surface area (Å²) in [5.41, 5.74) is 1.78. The molecule has 0 fully saturated rings. The van der Waals surface area contributed by atoms with E-state index in [0.717, 1.165) is 47.6 Å². The van der Waals surface area contributed by atoms with Gasteiger partial charge in [-0.1, -0.05) is 35.3 Å². The van der Waals surface area contributed by atoms with Crippen molar-refractivity contribution in [2.24, 2.45) is 0 Å². The zero-order chi connectivity index (χ0) is 19.7. The Labute approximate surface area is 172 Å². The third kappa shape index (κ3) is 3.81. The lowest BCUT2D eigenvalue weighted by molar-refractivity contribution is 0.807. The van der Waals surface area contributed by atoms with Gasteiger partial charge in [-0.15, -0.1) is 0 Å². The van der Waals surface area contributed by atoms with Crippen molar-refractivity contribution >= 4 is 56.6 Å². The topological polar surface area (TPSA) is 63.9 Å². The number of nitrogens with one attached hydrogen (secondary N) is 3. The summed E-state index contributed by atoms with van der Waals surface area (Å²) < 4.78 is 0. The molecule has 0 unspecified atom stereocenters. The van der Waals surface area contributed by atoms with E-state index in [2.05, 4.69) is 20.2 Å². The van der Waals surface area contributed by atoms with Crippen LogP contribution in [0.5, 0.6) is 0 Å². The largest absolute Gasteiger partial charge is 0.371 e. The van der Waals surface area contributed by atoms with Crippen molar-refractivity contribution in [3.05, 3.63) is 68.8 Å². The van der Waals surface area contributed by atoms with E-state index in [1.54, 1.807) is 12.1 Å². The van der Waals surface area contributed by atoms with Gasteiger partial charge < -0.3 is 20.2 Å². The molecule has 0 aliphatic carbocycles. The van der Waals surface area contributed by atoms with Crippen LogP contribution in [0.25, 0.3) is 21.8 Å². The minimum atomic E-state index is 0.0163. The molecule has 0 aliphatic heterocycles. The molecule has 2 aromatic heterocycles. The quantitative estimate of drug-likeness (QED) is 0.377. The number of para-hydroxylation sites is 1. The number of aromatic amines is 2. The van der Waals surface area contributed by atoms with Gasteiger partial charge in [-0.05, 0) is 36.8 Å². The highest BCUT2D eigenvalue weighted by atomic mass is 35.5. The number of anilines is 2. The van der Waals surface area contributed by atoms with E-state index >= 15 is 0 Å². The second kappa shape index (κ2) is 7.78. The molecule has 0 atom stereocenters. The van der Waals surface area contributed by atoms with E-state index in [-0.39, 0.29) is 5.43 Å². The number of pyridine rings is 1. The molecule has 28 heavy (non-hydrogen) atoms. The first-order valence-electron chi connectivity index (χ1n) is 9.06.